The molecular formula is C10H13FN2O2. The molecule has 0 bridgehead atoms. The lowest BCUT2D eigenvalue weighted by atomic mass is 10.2. The van der Waals surface area contributed by atoms with Gasteiger partial charge in [0.25, 0.3) is 5.91 Å². The minimum atomic E-state index is -0.537. The van der Waals surface area contributed by atoms with E-state index in [2.05, 4.69) is 0 Å². The number of nitrogens with two attached hydrogens (primary N) is 1. The predicted molar refractivity (Wildman–Crippen MR) is 56.1 cm³/mol. The van der Waals surface area contributed by atoms with E-state index in [4.69, 9.17) is 10.5 Å². The molecule has 0 radical (unpaired) electrons. The molecule has 0 aliphatic rings. The van der Waals surface area contributed by atoms with Crippen molar-refractivity contribution >= 4 is 17.3 Å². The number of rotatable bonds is 3. The lowest BCUT2D eigenvalue weighted by Crippen LogP contribution is -2.29. The summed E-state index contributed by atoms with van der Waals surface area (Å²) in [6.45, 7) is -0.0392. The summed E-state index contributed by atoms with van der Waals surface area (Å²) >= 11 is 0. The van der Waals surface area contributed by atoms with Crippen molar-refractivity contribution < 1.29 is 13.9 Å². The summed E-state index contributed by atoms with van der Waals surface area (Å²) in [7, 11) is 2.97. The first-order valence-electron chi connectivity index (χ1n) is 4.36. The van der Waals surface area contributed by atoms with Gasteiger partial charge in [-0.2, -0.15) is 0 Å². The van der Waals surface area contributed by atoms with Crippen LogP contribution in [0.3, 0.4) is 0 Å². The monoisotopic (exact) mass is 212 g/mol. The van der Waals surface area contributed by atoms with Gasteiger partial charge in [-0.15, -0.1) is 0 Å². The zero-order chi connectivity index (χ0) is 11.4. The number of nitrogens with zero attached hydrogens (tertiary/aromatic N) is 1. The Morgan fingerprint density at radius 3 is 2.80 bits per heavy atom. The van der Waals surface area contributed by atoms with Crippen molar-refractivity contribution in [2.24, 2.45) is 0 Å². The van der Waals surface area contributed by atoms with Crippen LogP contribution in [0.15, 0.2) is 18.2 Å². The minimum Gasteiger partial charge on any atom is -0.396 e. The summed E-state index contributed by atoms with van der Waals surface area (Å²) in [5.74, 6) is -0.786. The number of hydrogen-bond acceptors (Lipinski definition) is 3. The number of amides is 1. The molecule has 0 aliphatic carbocycles. The first kappa shape index (κ1) is 11.5. The maximum Gasteiger partial charge on any atom is 0.252 e. The van der Waals surface area contributed by atoms with Crippen LogP contribution >= 0.6 is 0 Å². The Hall–Kier alpha value is -1.62. The molecule has 1 amide bonds. The fraction of sp³-hybridized carbons (Fsp3) is 0.300. The molecule has 82 valence electrons. The van der Waals surface area contributed by atoms with Gasteiger partial charge >= 0.3 is 0 Å². The normalized spacial score (nSPS) is 10.1. The quantitative estimate of drug-likeness (QED) is 0.761. The SMILES string of the molecule is COCC(=O)N(C)c1ccc(N)c(F)c1. The Labute approximate surface area is 87.4 Å². The van der Waals surface area contributed by atoms with Crippen LogP contribution in [-0.4, -0.2) is 26.7 Å². The second-order valence-corrected chi connectivity index (χ2v) is 3.09. The maximum absolute atomic E-state index is 13.1. The second kappa shape index (κ2) is 4.75. The molecule has 1 rings (SSSR count). The molecule has 1 aromatic rings. The number of benzene rings is 1. The highest BCUT2D eigenvalue weighted by molar-refractivity contribution is 5.93. The van der Waals surface area contributed by atoms with Crippen LogP contribution in [0.5, 0.6) is 0 Å². The molecule has 0 atom stereocenters. The van der Waals surface area contributed by atoms with Gasteiger partial charge in [0.15, 0.2) is 0 Å². The summed E-state index contributed by atoms with van der Waals surface area (Å²) in [4.78, 5) is 12.7. The molecule has 2 N–H and O–H groups in total. The van der Waals surface area contributed by atoms with Crippen molar-refractivity contribution in [1.29, 1.82) is 0 Å². The number of likely N-dealkylation sites (N-methyl/N-ethyl adjacent to an activating group) is 1. The molecule has 5 heteroatoms. The van der Waals surface area contributed by atoms with E-state index in [1.807, 2.05) is 0 Å². The smallest absolute Gasteiger partial charge is 0.252 e. The zero-order valence-corrected chi connectivity index (χ0v) is 8.66. The number of methoxy groups -OCH3 is 1. The number of ether oxygens (including phenoxy) is 1. The van der Waals surface area contributed by atoms with Gasteiger partial charge in [-0.05, 0) is 18.2 Å². The van der Waals surface area contributed by atoms with Crippen LogP contribution in [0.1, 0.15) is 0 Å². The standard InChI is InChI=1S/C10H13FN2O2/c1-13(10(14)6-15-2)7-3-4-9(12)8(11)5-7/h3-5H,6,12H2,1-2H3. The van der Waals surface area contributed by atoms with Gasteiger partial charge in [0, 0.05) is 19.8 Å². The van der Waals surface area contributed by atoms with Crippen LogP contribution in [0.2, 0.25) is 0 Å². The second-order valence-electron chi connectivity index (χ2n) is 3.09. The van der Waals surface area contributed by atoms with Crippen molar-refractivity contribution in [2.45, 2.75) is 0 Å². The van der Waals surface area contributed by atoms with Crippen LogP contribution in [0.4, 0.5) is 15.8 Å². The predicted octanol–water partition coefficient (Wildman–Crippen LogP) is 1.02. The van der Waals surface area contributed by atoms with E-state index in [9.17, 15) is 9.18 Å². The minimum absolute atomic E-state index is 0.0392. The molecule has 0 saturated carbocycles. The van der Waals surface area contributed by atoms with E-state index in [-0.39, 0.29) is 18.2 Å². The van der Waals surface area contributed by atoms with Crippen LogP contribution in [0, 0.1) is 5.82 Å². The Morgan fingerprint density at radius 2 is 2.27 bits per heavy atom. The van der Waals surface area contributed by atoms with Gasteiger partial charge in [-0.25, -0.2) is 4.39 Å². The fourth-order valence-electron chi connectivity index (χ4n) is 1.09. The van der Waals surface area contributed by atoms with Crippen LogP contribution in [-0.2, 0) is 9.53 Å². The number of carbonyl (C=O) groups excluding carboxylic acids is 1. The molecule has 0 unspecified atom stereocenters. The first-order valence-corrected chi connectivity index (χ1v) is 4.36. The van der Waals surface area contributed by atoms with Crippen molar-refractivity contribution in [3.05, 3.63) is 24.0 Å². The molecule has 0 spiro atoms. The fourth-order valence-corrected chi connectivity index (χ4v) is 1.09. The Balaban J connectivity index is 2.86. The topological polar surface area (TPSA) is 55.6 Å². The number of anilines is 2. The third kappa shape index (κ3) is 2.66. The highest BCUT2D eigenvalue weighted by Gasteiger charge is 2.11. The highest BCUT2D eigenvalue weighted by Crippen LogP contribution is 2.18. The largest absolute Gasteiger partial charge is 0.396 e. The summed E-state index contributed by atoms with van der Waals surface area (Å²) in [5, 5.41) is 0. The van der Waals surface area contributed by atoms with E-state index in [0.717, 1.165) is 0 Å². The average Bonchev–Trinajstić information content (AvgIpc) is 2.21. The van der Waals surface area contributed by atoms with Crippen molar-refractivity contribution in [2.75, 3.05) is 31.4 Å². The molecular weight excluding hydrogens is 199 g/mol. The summed E-state index contributed by atoms with van der Waals surface area (Å²) in [6.07, 6.45) is 0. The molecule has 0 heterocycles. The average molecular weight is 212 g/mol. The van der Waals surface area contributed by atoms with Gasteiger partial charge in [-0.1, -0.05) is 0 Å². The van der Waals surface area contributed by atoms with Gasteiger partial charge in [-0.3, -0.25) is 4.79 Å². The van der Waals surface area contributed by atoms with E-state index < -0.39 is 5.82 Å². The molecule has 0 fully saturated rings. The Morgan fingerprint density at radius 1 is 1.60 bits per heavy atom. The van der Waals surface area contributed by atoms with Crippen molar-refractivity contribution in [3.8, 4) is 0 Å². The molecule has 0 aliphatic heterocycles. The number of nitrogen functional groups attached to an aromatic ring is 1. The van der Waals surface area contributed by atoms with Gasteiger partial charge in [0.2, 0.25) is 0 Å². The van der Waals surface area contributed by atoms with Gasteiger partial charge in [0.05, 0.1) is 5.69 Å². The third-order valence-electron chi connectivity index (χ3n) is 2.01. The van der Waals surface area contributed by atoms with E-state index in [1.165, 1.54) is 24.1 Å². The highest BCUT2D eigenvalue weighted by atomic mass is 19.1. The van der Waals surface area contributed by atoms with Gasteiger partial charge < -0.3 is 15.4 Å². The number of carbonyl (C=O) groups is 1. The molecule has 4 nitrogen and oxygen atoms in total. The molecule has 0 aromatic heterocycles. The summed E-state index contributed by atoms with van der Waals surface area (Å²) in [5.41, 5.74) is 5.83. The van der Waals surface area contributed by atoms with E-state index in [0.29, 0.717) is 5.69 Å². The summed E-state index contributed by atoms with van der Waals surface area (Å²) < 4.78 is 17.8. The molecule has 1 aromatic carbocycles. The lowest BCUT2D eigenvalue weighted by molar-refractivity contribution is -0.121. The van der Waals surface area contributed by atoms with Crippen molar-refractivity contribution in [3.63, 3.8) is 0 Å². The first-order chi connectivity index (χ1) is 7.06. The Kier molecular flexibility index (Phi) is 3.62. The summed E-state index contributed by atoms with van der Waals surface area (Å²) in [6, 6.07) is 4.20. The van der Waals surface area contributed by atoms with Crippen LogP contribution in [0.25, 0.3) is 0 Å². The zero-order valence-electron chi connectivity index (χ0n) is 8.66. The third-order valence-corrected chi connectivity index (χ3v) is 2.01. The lowest BCUT2D eigenvalue weighted by Gasteiger charge is -2.17. The molecule has 15 heavy (non-hydrogen) atoms. The number of hydrogen-bond donors (Lipinski definition) is 1. The van der Waals surface area contributed by atoms with Crippen LogP contribution < -0.4 is 10.6 Å². The molecule has 0 saturated heterocycles. The van der Waals surface area contributed by atoms with Gasteiger partial charge in [0.1, 0.15) is 12.4 Å². The van der Waals surface area contributed by atoms with Crippen molar-refractivity contribution in [1.82, 2.24) is 0 Å². The Bertz CT molecular complexity index is 368. The van der Waals surface area contributed by atoms with E-state index in [1.54, 1.807) is 13.1 Å². The maximum atomic E-state index is 13.1. The number of halogens is 1. The van der Waals surface area contributed by atoms with E-state index >= 15 is 0 Å².